The van der Waals surface area contributed by atoms with E-state index in [0.717, 1.165) is 23.3 Å². The molecule has 0 aromatic carbocycles. The number of allylic oxidation sites excluding steroid dienone is 1. The predicted octanol–water partition coefficient (Wildman–Crippen LogP) is 2.10. The van der Waals surface area contributed by atoms with Gasteiger partial charge in [0.05, 0.1) is 24.6 Å². The Labute approximate surface area is 84.8 Å². The second-order valence-corrected chi connectivity index (χ2v) is 3.52. The van der Waals surface area contributed by atoms with Crippen LogP contribution in [0, 0.1) is 0 Å². The summed E-state index contributed by atoms with van der Waals surface area (Å²) in [6.07, 6.45) is 8.30. The molecule has 1 aromatic rings. The second kappa shape index (κ2) is 3.79. The fourth-order valence-electron chi connectivity index (χ4n) is 1.19. The zero-order valence-electron chi connectivity index (χ0n) is 6.94. The Balaban J connectivity index is 2.30. The summed E-state index contributed by atoms with van der Waals surface area (Å²) in [5.41, 5.74) is 2.13. The number of aliphatic imine (C=N–C) groups is 1. The van der Waals surface area contributed by atoms with Gasteiger partial charge in [-0.05, 0) is 21.5 Å². The Kier molecular flexibility index (Phi) is 2.49. The third kappa shape index (κ3) is 2.01. The zero-order chi connectivity index (χ0) is 9.10. The minimum Gasteiger partial charge on any atom is -0.293 e. The van der Waals surface area contributed by atoms with Crippen LogP contribution in [0.2, 0.25) is 0 Å². The van der Waals surface area contributed by atoms with Crippen molar-refractivity contribution in [2.45, 2.75) is 6.42 Å². The molecule has 13 heavy (non-hydrogen) atoms. The van der Waals surface area contributed by atoms with Crippen molar-refractivity contribution in [1.82, 2.24) is 9.97 Å². The lowest BCUT2D eigenvalue weighted by molar-refractivity contribution is 1.11. The number of halogens is 1. The van der Waals surface area contributed by atoms with Crippen molar-refractivity contribution in [3.63, 3.8) is 0 Å². The number of dihydropyridines is 1. The van der Waals surface area contributed by atoms with Gasteiger partial charge in [-0.25, -0.2) is 4.98 Å². The third-order valence-electron chi connectivity index (χ3n) is 1.82. The molecule has 0 bridgehead atoms. The number of hydrogen-bond donors (Lipinski definition) is 0. The molecule has 0 unspecified atom stereocenters. The Bertz CT molecular complexity index is 371. The summed E-state index contributed by atoms with van der Waals surface area (Å²) < 4.78 is 0.772. The molecule has 4 heteroatoms. The normalized spacial score (nSPS) is 15.6. The van der Waals surface area contributed by atoms with Crippen LogP contribution < -0.4 is 0 Å². The molecule has 0 aliphatic carbocycles. The average molecular weight is 238 g/mol. The van der Waals surface area contributed by atoms with E-state index in [1.54, 1.807) is 12.4 Å². The van der Waals surface area contributed by atoms with E-state index >= 15 is 0 Å². The Morgan fingerprint density at radius 3 is 2.92 bits per heavy atom. The molecule has 2 heterocycles. The average Bonchev–Trinajstić information content (AvgIpc) is 2.19. The van der Waals surface area contributed by atoms with E-state index in [4.69, 9.17) is 0 Å². The van der Waals surface area contributed by atoms with Crippen molar-refractivity contribution in [2.24, 2.45) is 4.99 Å². The van der Waals surface area contributed by atoms with Crippen LogP contribution in [0.25, 0.3) is 5.57 Å². The van der Waals surface area contributed by atoms with E-state index in [2.05, 4.69) is 37.0 Å². The minimum absolute atomic E-state index is 0.753. The van der Waals surface area contributed by atoms with Gasteiger partial charge < -0.3 is 0 Å². The lowest BCUT2D eigenvalue weighted by Gasteiger charge is -2.06. The maximum atomic E-state index is 4.32. The van der Waals surface area contributed by atoms with Crippen LogP contribution >= 0.6 is 15.9 Å². The molecule has 2 rings (SSSR count). The van der Waals surface area contributed by atoms with Gasteiger partial charge in [0.1, 0.15) is 4.60 Å². The molecule has 1 aliphatic rings. The first-order valence-corrected chi connectivity index (χ1v) is 4.81. The number of hydrogen-bond acceptors (Lipinski definition) is 3. The summed E-state index contributed by atoms with van der Waals surface area (Å²) in [5.74, 6) is 0. The molecule has 1 aromatic heterocycles. The monoisotopic (exact) mass is 237 g/mol. The quantitative estimate of drug-likeness (QED) is 0.751. The maximum Gasteiger partial charge on any atom is 0.125 e. The van der Waals surface area contributed by atoms with Crippen molar-refractivity contribution in [1.29, 1.82) is 0 Å². The summed E-state index contributed by atoms with van der Waals surface area (Å²) >= 11 is 3.29. The van der Waals surface area contributed by atoms with Crippen LogP contribution in [0.1, 0.15) is 12.1 Å². The highest BCUT2D eigenvalue weighted by Gasteiger charge is 2.04. The lowest BCUT2D eigenvalue weighted by Crippen LogP contribution is -1.97. The first-order chi connectivity index (χ1) is 6.36. The Morgan fingerprint density at radius 2 is 2.23 bits per heavy atom. The molecule has 0 spiro atoms. The van der Waals surface area contributed by atoms with Gasteiger partial charge in [-0.3, -0.25) is 9.98 Å². The van der Waals surface area contributed by atoms with E-state index in [1.807, 2.05) is 6.21 Å². The molecule has 0 saturated carbocycles. The molecule has 66 valence electrons. The summed E-state index contributed by atoms with van der Waals surface area (Å²) in [6, 6.07) is 0. The molecule has 0 radical (unpaired) electrons. The van der Waals surface area contributed by atoms with Crippen LogP contribution in [-0.2, 0) is 0 Å². The highest BCUT2D eigenvalue weighted by Crippen LogP contribution is 2.17. The number of rotatable bonds is 1. The van der Waals surface area contributed by atoms with Crippen LogP contribution in [0.5, 0.6) is 0 Å². The van der Waals surface area contributed by atoms with Crippen LogP contribution in [0.15, 0.2) is 28.1 Å². The van der Waals surface area contributed by atoms with Gasteiger partial charge >= 0.3 is 0 Å². The third-order valence-corrected chi connectivity index (χ3v) is 2.20. The van der Waals surface area contributed by atoms with Crippen molar-refractivity contribution in [2.75, 3.05) is 6.54 Å². The van der Waals surface area contributed by atoms with Gasteiger partial charge in [0.15, 0.2) is 0 Å². The van der Waals surface area contributed by atoms with Crippen molar-refractivity contribution < 1.29 is 0 Å². The van der Waals surface area contributed by atoms with Gasteiger partial charge in [0, 0.05) is 12.6 Å². The van der Waals surface area contributed by atoms with Crippen molar-refractivity contribution >= 4 is 27.7 Å². The molecular formula is C9H8BrN3. The van der Waals surface area contributed by atoms with Crippen LogP contribution in [0.3, 0.4) is 0 Å². The molecule has 3 nitrogen and oxygen atoms in total. The molecule has 0 amide bonds. The smallest absolute Gasteiger partial charge is 0.125 e. The Morgan fingerprint density at radius 1 is 1.31 bits per heavy atom. The highest BCUT2D eigenvalue weighted by molar-refractivity contribution is 9.10. The first kappa shape index (κ1) is 8.56. The number of nitrogens with zero attached hydrogens (tertiary/aromatic N) is 3. The van der Waals surface area contributed by atoms with E-state index in [0.29, 0.717) is 0 Å². The van der Waals surface area contributed by atoms with E-state index in [1.165, 1.54) is 5.57 Å². The summed E-state index contributed by atoms with van der Waals surface area (Å²) in [4.78, 5) is 12.5. The lowest BCUT2D eigenvalue weighted by atomic mass is 10.1. The van der Waals surface area contributed by atoms with Gasteiger partial charge in [-0.2, -0.15) is 0 Å². The summed E-state index contributed by atoms with van der Waals surface area (Å²) in [6.45, 7) is 0.753. The van der Waals surface area contributed by atoms with E-state index in [9.17, 15) is 0 Å². The van der Waals surface area contributed by atoms with E-state index in [-0.39, 0.29) is 0 Å². The molecule has 0 fully saturated rings. The van der Waals surface area contributed by atoms with Crippen molar-refractivity contribution in [3.8, 4) is 0 Å². The molecular weight excluding hydrogens is 230 g/mol. The molecule has 0 saturated heterocycles. The largest absolute Gasteiger partial charge is 0.293 e. The van der Waals surface area contributed by atoms with Crippen LogP contribution in [-0.4, -0.2) is 22.7 Å². The Hall–Kier alpha value is -1.03. The fraction of sp³-hybridized carbons (Fsp3) is 0.222. The van der Waals surface area contributed by atoms with Gasteiger partial charge in [-0.1, -0.05) is 6.08 Å². The standard InChI is InChI=1S/C9H8BrN3/c10-9-6-12-5-8(13-9)7-1-3-11-4-2-7/h1,4-6H,2-3H2. The topological polar surface area (TPSA) is 38.1 Å². The highest BCUT2D eigenvalue weighted by atomic mass is 79.9. The van der Waals surface area contributed by atoms with Gasteiger partial charge in [0.25, 0.3) is 0 Å². The SMILES string of the molecule is Brc1cncc(C2=CCN=CC2)n1. The fourth-order valence-corrected chi connectivity index (χ4v) is 1.50. The van der Waals surface area contributed by atoms with E-state index < -0.39 is 0 Å². The first-order valence-electron chi connectivity index (χ1n) is 4.01. The number of aromatic nitrogens is 2. The zero-order valence-corrected chi connectivity index (χ0v) is 8.53. The maximum absolute atomic E-state index is 4.32. The van der Waals surface area contributed by atoms with Gasteiger partial charge in [-0.15, -0.1) is 0 Å². The molecule has 1 aliphatic heterocycles. The minimum atomic E-state index is 0.753. The second-order valence-electron chi connectivity index (χ2n) is 2.71. The van der Waals surface area contributed by atoms with Crippen molar-refractivity contribution in [3.05, 3.63) is 28.8 Å². The molecule has 0 atom stereocenters. The summed E-state index contributed by atoms with van der Waals surface area (Å²) in [7, 11) is 0. The van der Waals surface area contributed by atoms with Crippen LogP contribution in [0.4, 0.5) is 0 Å². The van der Waals surface area contributed by atoms with Gasteiger partial charge in [0.2, 0.25) is 0 Å². The predicted molar refractivity (Wildman–Crippen MR) is 55.7 cm³/mol. The summed E-state index contributed by atoms with van der Waals surface area (Å²) in [5, 5.41) is 0. The molecule has 0 N–H and O–H groups in total.